The van der Waals surface area contributed by atoms with E-state index in [0.29, 0.717) is 34.5 Å². The lowest BCUT2D eigenvalue weighted by Crippen LogP contribution is -2.44. The zero-order valence-electron chi connectivity index (χ0n) is 16.7. The summed E-state index contributed by atoms with van der Waals surface area (Å²) in [7, 11) is 0. The van der Waals surface area contributed by atoms with Gasteiger partial charge < -0.3 is 10.1 Å². The van der Waals surface area contributed by atoms with Gasteiger partial charge in [-0.1, -0.05) is 35.3 Å². The Kier molecular flexibility index (Phi) is 8.44. The normalized spacial score (nSPS) is 11.9. The number of hydrogen-bond donors (Lipinski definition) is 2. The van der Waals surface area contributed by atoms with Crippen molar-refractivity contribution in [2.24, 2.45) is 0 Å². The number of hydrogen-bond acceptors (Lipinski definition) is 5. The maximum Gasteiger partial charge on any atom is 0.331 e. The third kappa shape index (κ3) is 6.60. The lowest BCUT2D eigenvalue weighted by molar-refractivity contribution is -0.149. The fraction of sp³-hybridized carbons (Fsp3) is 0.300. The largest absolute Gasteiger partial charge is 0.449 e. The van der Waals surface area contributed by atoms with E-state index in [-0.39, 0.29) is 0 Å². The molecule has 1 heterocycles. The van der Waals surface area contributed by atoms with Crippen LogP contribution in [0, 0.1) is 6.92 Å². The number of halogens is 2. The highest BCUT2D eigenvalue weighted by molar-refractivity contribution is 6.31. The number of esters is 1. The summed E-state index contributed by atoms with van der Waals surface area (Å²) < 4.78 is 6.61. The molecule has 0 radical (unpaired) electrons. The molecule has 2 N–H and O–H groups in total. The predicted octanol–water partition coefficient (Wildman–Crippen LogP) is 3.34. The van der Waals surface area contributed by atoms with E-state index in [9.17, 15) is 14.4 Å². The maximum atomic E-state index is 12.0. The molecule has 0 bridgehead atoms. The number of aryl methyl sites for hydroxylation is 1. The van der Waals surface area contributed by atoms with Crippen molar-refractivity contribution in [3.05, 3.63) is 57.3 Å². The number of imide groups is 1. The predicted molar refractivity (Wildman–Crippen MR) is 114 cm³/mol. The highest BCUT2D eigenvalue weighted by Gasteiger charge is 2.19. The standard InChI is InChI=1S/C20H22Cl2N4O4/c1-4-23-20(29)24-19(28)13(3)30-17(27)10-9-16-12(2)25-26(18(16)22)11-14-5-7-15(21)8-6-14/h5-10,13H,4,11H2,1-3H3,(H2,23,24,28,29)/b10-9+. The van der Waals surface area contributed by atoms with Crippen LogP contribution in [0.4, 0.5) is 4.79 Å². The molecule has 0 fully saturated rings. The van der Waals surface area contributed by atoms with Crippen molar-refractivity contribution in [2.75, 3.05) is 6.54 Å². The molecule has 0 spiro atoms. The molecule has 2 aromatic rings. The molecule has 0 aliphatic heterocycles. The van der Waals surface area contributed by atoms with Gasteiger partial charge in [-0.2, -0.15) is 5.10 Å². The summed E-state index contributed by atoms with van der Waals surface area (Å²) in [5.74, 6) is -1.48. The third-order valence-corrected chi connectivity index (χ3v) is 4.63. The topological polar surface area (TPSA) is 102 Å². The number of amides is 3. The highest BCUT2D eigenvalue weighted by atomic mass is 35.5. The number of ether oxygens (including phenoxy) is 1. The molecule has 3 amide bonds. The first kappa shape index (κ1) is 23.4. The van der Waals surface area contributed by atoms with Crippen LogP contribution in [0.1, 0.15) is 30.7 Å². The van der Waals surface area contributed by atoms with Crippen molar-refractivity contribution in [3.63, 3.8) is 0 Å². The Bertz CT molecular complexity index is 954. The SMILES string of the molecule is CCNC(=O)NC(=O)C(C)OC(=O)/C=C/c1c(C)nn(Cc2ccc(Cl)cc2)c1Cl. The molecule has 2 rings (SSSR count). The molecule has 1 aromatic carbocycles. The Hall–Kier alpha value is -2.84. The molecule has 30 heavy (non-hydrogen) atoms. The molecular weight excluding hydrogens is 431 g/mol. The van der Waals surface area contributed by atoms with Gasteiger partial charge in [-0.05, 0) is 44.5 Å². The van der Waals surface area contributed by atoms with Gasteiger partial charge in [0.05, 0.1) is 12.2 Å². The van der Waals surface area contributed by atoms with Crippen molar-refractivity contribution in [3.8, 4) is 0 Å². The van der Waals surface area contributed by atoms with Gasteiger partial charge in [0.15, 0.2) is 6.10 Å². The van der Waals surface area contributed by atoms with Gasteiger partial charge in [-0.3, -0.25) is 10.1 Å². The molecule has 0 saturated heterocycles. The molecule has 1 unspecified atom stereocenters. The van der Waals surface area contributed by atoms with Crippen molar-refractivity contribution in [1.82, 2.24) is 20.4 Å². The van der Waals surface area contributed by atoms with Crippen LogP contribution in [0.25, 0.3) is 6.08 Å². The van der Waals surface area contributed by atoms with E-state index in [1.54, 1.807) is 30.7 Å². The minimum atomic E-state index is -1.14. The Morgan fingerprint density at radius 3 is 2.53 bits per heavy atom. The van der Waals surface area contributed by atoms with Crippen molar-refractivity contribution < 1.29 is 19.1 Å². The van der Waals surface area contributed by atoms with Crippen LogP contribution in [0.3, 0.4) is 0 Å². The molecule has 10 heteroatoms. The second-order valence-electron chi connectivity index (χ2n) is 6.34. The summed E-state index contributed by atoms with van der Waals surface area (Å²) in [6.07, 6.45) is 1.48. The number of carbonyl (C=O) groups is 3. The number of nitrogens with one attached hydrogen (secondary N) is 2. The van der Waals surface area contributed by atoms with Crippen molar-refractivity contribution in [2.45, 2.75) is 33.4 Å². The fourth-order valence-electron chi connectivity index (χ4n) is 2.46. The average molecular weight is 453 g/mol. The summed E-state index contributed by atoms with van der Waals surface area (Å²) >= 11 is 12.3. The second-order valence-corrected chi connectivity index (χ2v) is 7.13. The number of benzene rings is 1. The molecule has 0 aliphatic rings. The van der Waals surface area contributed by atoms with Crippen molar-refractivity contribution >= 4 is 47.2 Å². The van der Waals surface area contributed by atoms with E-state index < -0.39 is 24.0 Å². The summed E-state index contributed by atoms with van der Waals surface area (Å²) in [5.41, 5.74) is 2.15. The molecule has 1 aromatic heterocycles. The lowest BCUT2D eigenvalue weighted by atomic mass is 10.2. The van der Waals surface area contributed by atoms with Crippen LogP contribution in [0.15, 0.2) is 30.3 Å². The van der Waals surface area contributed by atoms with E-state index in [4.69, 9.17) is 27.9 Å². The number of carbonyl (C=O) groups excluding carboxylic acids is 3. The van der Waals surface area contributed by atoms with Gasteiger partial charge in [-0.15, -0.1) is 0 Å². The molecule has 8 nitrogen and oxygen atoms in total. The Balaban J connectivity index is 2.00. The number of rotatable bonds is 7. The third-order valence-electron chi connectivity index (χ3n) is 3.98. The van der Waals surface area contributed by atoms with Crippen molar-refractivity contribution in [1.29, 1.82) is 0 Å². The van der Waals surface area contributed by atoms with Gasteiger partial charge in [0.25, 0.3) is 5.91 Å². The minimum Gasteiger partial charge on any atom is -0.449 e. The van der Waals surface area contributed by atoms with Crippen LogP contribution < -0.4 is 10.6 Å². The quantitative estimate of drug-likeness (QED) is 0.495. The molecule has 0 aliphatic carbocycles. The Labute approximate surface area is 184 Å². The van der Waals surface area contributed by atoms with E-state index in [1.165, 1.54) is 13.0 Å². The number of nitrogens with zero attached hydrogens (tertiary/aromatic N) is 2. The van der Waals surface area contributed by atoms with E-state index in [2.05, 4.69) is 15.7 Å². The van der Waals surface area contributed by atoms with Crippen LogP contribution in [-0.4, -0.2) is 40.3 Å². The molecular formula is C20H22Cl2N4O4. The van der Waals surface area contributed by atoms with Crippen LogP contribution in [0.5, 0.6) is 0 Å². The summed E-state index contributed by atoms with van der Waals surface area (Å²) in [6.45, 7) is 5.64. The van der Waals surface area contributed by atoms with Crippen LogP contribution >= 0.6 is 23.2 Å². The Morgan fingerprint density at radius 1 is 1.23 bits per heavy atom. The van der Waals surface area contributed by atoms with E-state index in [1.807, 2.05) is 12.1 Å². The van der Waals surface area contributed by atoms with Gasteiger partial charge >= 0.3 is 12.0 Å². The first-order valence-electron chi connectivity index (χ1n) is 9.16. The fourth-order valence-corrected chi connectivity index (χ4v) is 2.88. The van der Waals surface area contributed by atoms with E-state index in [0.717, 1.165) is 11.6 Å². The average Bonchev–Trinajstić information content (AvgIpc) is 2.94. The lowest BCUT2D eigenvalue weighted by Gasteiger charge is -2.11. The number of urea groups is 1. The second kappa shape index (κ2) is 10.8. The van der Waals surface area contributed by atoms with Crippen LogP contribution in [-0.2, 0) is 20.9 Å². The summed E-state index contributed by atoms with van der Waals surface area (Å²) in [4.78, 5) is 35.2. The Morgan fingerprint density at radius 2 is 1.90 bits per heavy atom. The molecule has 1 atom stereocenters. The summed E-state index contributed by atoms with van der Waals surface area (Å²) in [5, 5.41) is 9.86. The zero-order chi connectivity index (χ0) is 22.3. The van der Waals surface area contributed by atoms with Gasteiger partial charge in [-0.25, -0.2) is 14.3 Å². The van der Waals surface area contributed by atoms with Gasteiger partial charge in [0, 0.05) is 23.2 Å². The number of aromatic nitrogens is 2. The first-order chi connectivity index (χ1) is 14.2. The van der Waals surface area contributed by atoms with E-state index >= 15 is 0 Å². The smallest absolute Gasteiger partial charge is 0.331 e. The van der Waals surface area contributed by atoms with Gasteiger partial charge in [0.1, 0.15) is 5.15 Å². The summed E-state index contributed by atoms with van der Waals surface area (Å²) in [6, 6.07) is 6.64. The maximum absolute atomic E-state index is 12.0. The van der Waals surface area contributed by atoms with Crippen LogP contribution in [0.2, 0.25) is 10.2 Å². The molecule has 160 valence electrons. The zero-order valence-corrected chi connectivity index (χ0v) is 18.3. The highest BCUT2D eigenvalue weighted by Crippen LogP contribution is 2.23. The minimum absolute atomic E-state index is 0.355. The van der Waals surface area contributed by atoms with Gasteiger partial charge in [0.2, 0.25) is 0 Å². The first-order valence-corrected chi connectivity index (χ1v) is 9.91. The molecule has 0 saturated carbocycles. The monoisotopic (exact) mass is 452 g/mol.